The summed E-state index contributed by atoms with van der Waals surface area (Å²) < 4.78 is 18.2. The SMILES string of the molecule is COc1ccc(CC(NC(=O)C(CCCCNC(C)=O)NC(=O)OC(C)(C)C)C(=O)N[C@H]2[C@@H](O)[C@H](n3cnc4c(N(C)C)ncnc43)O[C@@H]2CO)cc1. The van der Waals surface area contributed by atoms with Crippen molar-refractivity contribution in [1.82, 2.24) is 40.8 Å². The molecule has 4 rings (SSSR count). The maximum atomic E-state index is 14.1. The van der Waals surface area contributed by atoms with E-state index in [1.54, 1.807) is 64.0 Å². The minimum atomic E-state index is -1.37. The minimum absolute atomic E-state index is 0.0243. The third-order valence-electron chi connectivity index (χ3n) is 8.43. The first-order valence-corrected chi connectivity index (χ1v) is 17.4. The highest BCUT2D eigenvalue weighted by atomic mass is 16.6. The average molecular weight is 742 g/mol. The van der Waals surface area contributed by atoms with Crippen LogP contribution < -0.4 is 30.9 Å². The second kappa shape index (κ2) is 18.1. The van der Waals surface area contributed by atoms with Crippen LogP contribution >= 0.6 is 0 Å². The molecule has 1 saturated heterocycles. The smallest absolute Gasteiger partial charge is 0.408 e. The van der Waals surface area contributed by atoms with E-state index in [4.69, 9.17) is 14.2 Å². The van der Waals surface area contributed by atoms with Crippen molar-refractivity contribution in [2.45, 2.75) is 95.5 Å². The number of unbranched alkanes of at least 4 members (excludes halogenated alkanes) is 1. The molecule has 290 valence electrons. The van der Waals surface area contributed by atoms with E-state index in [9.17, 15) is 29.4 Å². The Balaban J connectivity index is 1.57. The third-order valence-corrected chi connectivity index (χ3v) is 8.43. The fourth-order valence-corrected chi connectivity index (χ4v) is 5.86. The van der Waals surface area contributed by atoms with E-state index < -0.39 is 66.7 Å². The molecule has 2 aromatic heterocycles. The van der Waals surface area contributed by atoms with E-state index in [1.165, 1.54) is 31.3 Å². The number of alkyl carbamates (subject to hydrolysis) is 1. The van der Waals surface area contributed by atoms with Crippen LogP contribution in [0.4, 0.5) is 10.6 Å². The third kappa shape index (κ3) is 11.0. The summed E-state index contributed by atoms with van der Waals surface area (Å²) in [6.45, 7) is 6.33. The lowest BCUT2D eigenvalue weighted by Gasteiger charge is -2.27. The Labute approximate surface area is 308 Å². The van der Waals surface area contributed by atoms with Gasteiger partial charge in [0.25, 0.3) is 0 Å². The van der Waals surface area contributed by atoms with Crippen molar-refractivity contribution in [3.05, 3.63) is 42.5 Å². The van der Waals surface area contributed by atoms with Crippen molar-refractivity contribution in [1.29, 1.82) is 0 Å². The summed E-state index contributed by atoms with van der Waals surface area (Å²) in [5.41, 5.74) is 0.692. The second-order valence-corrected chi connectivity index (χ2v) is 14.0. The molecule has 0 radical (unpaired) electrons. The molecule has 0 bridgehead atoms. The van der Waals surface area contributed by atoms with Crippen molar-refractivity contribution in [2.24, 2.45) is 0 Å². The number of imidazole rings is 1. The van der Waals surface area contributed by atoms with Gasteiger partial charge in [-0.25, -0.2) is 19.7 Å². The number of hydrogen-bond donors (Lipinski definition) is 6. The molecule has 0 spiro atoms. The number of fused-ring (bicyclic) bond motifs is 1. The van der Waals surface area contributed by atoms with Gasteiger partial charge in [-0.3, -0.25) is 19.0 Å². The van der Waals surface area contributed by atoms with Crippen molar-refractivity contribution in [3.8, 4) is 5.75 Å². The molecular formula is C35H51N9O9. The summed E-state index contributed by atoms with van der Waals surface area (Å²) in [7, 11) is 5.14. The normalized spacial score (nSPS) is 19.6. The molecule has 6 N–H and O–H groups in total. The average Bonchev–Trinajstić information content (AvgIpc) is 3.66. The summed E-state index contributed by atoms with van der Waals surface area (Å²) in [6, 6.07) is 3.53. The van der Waals surface area contributed by atoms with Crippen LogP contribution in [-0.2, 0) is 30.3 Å². The topological polar surface area (TPSA) is 231 Å². The van der Waals surface area contributed by atoms with Gasteiger partial charge in [-0.05, 0) is 57.7 Å². The zero-order valence-corrected chi connectivity index (χ0v) is 31.2. The van der Waals surface area contributed by atoms with Crippen LogP contribution in [-0.4, -0.2) is 124 Å². The van der Waals surface area contributed by atoms with Crippen molar-refractivity contribution < 1.29 is 43.6 Å². The van der Waals surface area contributed by atoms with E-state index in [-0.39, 0.29) is 18.7 Å². The van der Waals surface area contributed by atoms with Crippen LogP contribution in [0.2, 0.25) is 0 Å². The van der Waals surface area contributed by atoms with Crippen LogP contribution in [0.1, 0.15) is 58.7 Å². The lowest BCUT2D eigenvalue weighted by atomic mass is 10.0. The zero-order valence-electron chi connectivity index (χ0n) is 31.2. The number of carbonyl (C=O) groups is 4. The molecule has 0 saturated carbocycles. The highest BCUT2D eigenvalue weighted by Crippen LogP contribution is 2.32. The predicted octanol–water partition coefficient (Wildman–Crippen LogP) is 0.564. The predicted molar refractivity (Wildman–Crippen MR) is 193 cm³/mol. The number of hydrogen-bond acceptors (Lipinski definition) is 13. The summed E-state index contributed by atoms with van der Waals surface area (Å²) in [5, 5.41) is 32.7. The standard InChI is InChI=1S/C35H51N9O9/c1-20(46)36-15-9-8-10-23(41-34(50)53-35(2,3)4)31(48)40-24(16-21-11-13-22(51-7)14-12-21)32(49)42-26-25(17-45)52-33(28(26)47)44-19-39-27-29(43(5)6)37-18-38-30(27)44/h11-14,18-19,23-26,28,33,45,47H,8-10,15-17H2,1-7H3,(H,36,46)(H,40,48)(H,41,50)(H,42,49)/t23?,24?,25-,26-,28-,33-/m1/s1. The molecule has 18 nitrogen and oxygen atoms in total. The zero-order chi connectivity index (χ0) is 38.9. The van der Waals surface area contributed by atoms with E-state index in [1.807, 2.05) is 0 Å². The number of nitrogens with zero attached hydrogens (tertiary/aromatic N) is 5. The Morgan fingerprint density at radius 3 is 2.36 bits per heavy atom. The first-order valence-electron chi connectivity index (χ1n) is 17.4. The molecule has 2 unspecified atom stereocenters. The Hall–Kier alpha value is -5.07. The quantitative estimate of drug-likeness (QED) is 0.110. The van der Waals surface area contributed by atoms with Crippen LogP contribution in [0.5, 0.6) is 5.75 Å². The number of anilines is 1. The van der Waals surface area contributed by atoms with E-state index >= 15 is 0 Å². The number of nitrogens with one attached hydrogen (secondary N) is 4. The number of methoxy groups -OCH3 is 1. The van der Waals surface area contributed by atoms with Crippen molar-refractivity contribution in [2.75, 3.05) is 39.3 Å². The number of amides is 4. The van der Waals surface area contributed by atoms with Gasteiger partial charge in [0.05, 0.1) is 26.1 Å². The molecule has 1 aliphatic heterocycles. The number of aliphatic hydroxyl groups is 2. The first kappa shape index (κ1) is 40.7. The van der Waals surface area contributed by atoms with Gasteiger partial charge < -0.3 is 50.6 Å². The fraction of sp³-hybridized carbons (Fsp3) is 0.571. The van der Waals surface area contributed by atoms with Gasteiger partial charge in [-0.15, -0.1) is 0 Å². The molecule has 3 heterocycles. The molecule has 4 amide bonds. The minimum Gasteiger partial charge on any atom is -0.497 e. The number of aromatic nitrogens is 4. The number of carbonyl (C=O) groups excluding carboxylic acids is 4. The van der Waals surface area contributed by atoms with Gasteiger partial charge in [-0.2, -0.15) is 0 Å². The van der Waals surface area contributed by atoms with Crippen LogP contribution in [0, 0.1) is 0 Å². The number of ether oxygens (including phenoxy) is 3. The molecule has 3 aromatic rings. The number of aliphatic hydroxyl groups excluding tert-OH is 2. The Morgan fingerprint density at radius 2 is 1.74 bits per heavy atom. The Kier molecular flexibility index (Phi) is 13.9. The summed E-state index contributed by atoms with van der Waals surface area (Å²) in [6.07, 6.45) is -0.288. The number of benzene rings is 1. The highest BCUT2D eigenvalue weighted by Gasteiger charge is 2.46. The Bertz CT molecular complexity index is 1710. The molecule has 1 fully saturated rings. The molecule has 53 heavy (non-hydrogen) atoms. The second-order valence-electron chi connectivity index (χ2n) is 14.0. The van der Waals surface area contributed by atoms with E-state index in [0.29, 0.717) is 47.7 Å². The molecule has 6 atom stereocenters. The van der Waals surface area contributed by atoms with Crippen molar-refractivity contribution in [3.63, 3.8) is 0 Å². The van der Waals surface area contributed by atoms with Gasteiger partial charge >= 0.3 is 6.09 Å². The van der Waals surface area contributed by atoms with Gasteiger partial charge in [-0.1, -0.05) is 12.1 Å². The first-order chi connectivity index (χ1) is 25.1. The molecule has 18 heteroatoms. The van der Waals surface area contributed by atoms with Crippen LogP contribution in [0.3, 0.4) is 0 Å². The lowest BCUT2D eigenvalue weighted by molar-refractivity contribution is -0.131. The molecule has 0 aliphatic carbocycles. The van der Waals surface area contributed by atoms with Gasteiger partial charge in [0.1, 0.15) is 42.0 Å². The van der Waals surface area contributed by atoms with E-state index in [0.717, 1.165) is 0 Å². The Morgan fingerprint density at radius 1 is 1.02 bits per heavy atom. The maximum Gasteiger partial charge on any atom is 0.408 e. The van der Waals surface area contributed by atoms with Crippen LogP contribution in [0.15, 0.2) is 36.9 Å². The molecule has 1 aromatic carbocycles. The van der Waals surface area contributed by atoms with E-state index in [2.05, 4.69) is 36.2 Å². The number of rotatable bonds is 16. The fourth-order valence-electron chi connectivity index (χ4n) is 5.86. The van der Waals surface area contributed by atoms with Crippen molar-refractivity contribution >= 4 is 40.8 Å². The molecular weight excluding hydrogens is 690 g/mol. The van der Waals surface area contributed by atoms with Crippen LogP contribution in [0.25, 0.3) is 11.2 Å². The van der Waals surface area contributed by atoms with Gasteiger partial charge in [0, 0.05) is 34.0 Å². The maximum absolute atomic E-state index is 14.1. The molecule has 1 aliphatic rings. The lowest BCUT2D eigenvalue weighted by Crippen LogP contribution is -2.58. The largest absolute Gasteiger partial charge is 0.497 e. The monoisotopic (exact) mass is 741 g/mol. The summed E-state index contributed by atoms with van der Waals surface area (Å²) in [4.78, 5) is 66.8. The highest BCUT2D eigenvalue weighted by molar-refractivity contribution is 5.91. The summed E-state index contributed by atoms with van der Waals surface area (Å²) in [5.74, 6) is -0.357. The summed E-state index contributed by atoms with van der Waals surface area (Å²) >= 11 is 0. The van der Waals surface area contributed by atoms with Gasteiger partial charge in [0.2, 0.25) is 17.7 Å². The van der Waals surface area contributed by atoms with Gasteiger partial charge in [0.15, 0.2) is 23.2 Å².